The van der Waals surface area contributed by atoms with E-state index in [9.17, 15) is 0 Å². The Balaban J connectivity index is 2.47. The van der Waals surface area contributed by atoms with Crippen LogP contribution >= 0.6 is 27.5 Å². The van der Waals surface area contributed by atoms with Gasteiger partial charge in [0.2, 0.25) is 0 Å². The Labute approximate surface area is 138 Å². The van der Waals surface area contributed by atoms with Gasteiger partial charge in [-0.2, -0.15) is 0 Å². The second kappa shape index (κ2) is 7.34. The molecular formula is C16H19BrClNO2. The van der Waals surface area contributed by atoms with Crippen molar-refractivity contribution in [3.8, 4) is 5.75 Å². The summed E-state index contributed by atoms with van der Waals surface area (Å²) in [6.45, 7) is 5.04. The van der Waals surface area contributed by atoms with Crippen LogP contribution in [0.4, 0.5) is 0 Å². The van der Waals surface area contributed by atoms with Crippen LogP contribution in [0.3, 0.4) is 0 Å². The van der Waals surface area contributed by atoms with Gasteiger partial charge in [-0.3, -0.25) is 0 Å². The second-order valence-electron chi connectivity index (χ2n) is 4.87. The minimum absolute atomic E-state index is 0.0932. The number of nitrogens with one attached hydrogen (secondary N) is 1. The molecule has 0 aliphatic heterocycles. The van der Waals surface area contributed by atoms with Crippen LogP contribution in [0, 0.1) is 6.92 Å². The van der Waals surface area contributed by atoms with Gasteiger partial charge in [0, 0.05) is 10.0 Å². The number of hydrogen-bond acceptors (Lipinski definition) is 3. The maximum Gasteiger partial charge on any atom is 0.193 e. The third-order valence-electron chi connectivity index (χ3n) is 3.30. The summed E-state index contributed by atoms with van der Waals surface area (Å²) in [5, 5.41) is 3.87. The zero-order chi connectivity index (χ0) is 15.4. The largest absolute Gasteiger partial charge is 0.496 e. The van der Waals surface area contributed by atoms with Gasteiger partial charge in [0.1, 0.15) is 11.5 Å². The average molecular weight is 373 g/mol. The molecule has 2 rings (SSSR count). The number of halogens is 2. The molecule has 1 heterocycles. The van der Waals surface area contributed by atoms with Crippen molar-refractivity contribution < 1.29 is 9.15 Å². The van der Waals surface area contributed by atoms with E-state index in [2.05, 4.69) is 34.2 Å². The number of aryl methyl sites for hydroxylation is 1. The van der Waals surface area contributed by atoms with Crippen molar-refractivity contribution in [2.45, 2.75) is 26.3 Å². The molecule has 114 valence electrons. The Kier molecular flexibility index (Phi) is 5.73. The van der Waals surface area contributed by atoms with Crippen molar-refractivity contribution in [1.29, 1.82) is 0 Å². The van der Waals surface area contributed by atoms with Crippen LogP contribution in [0.1, 0.15) is 36.3 Å². The lowest BCUT2D eigenvalue weighted by Crippen LogP contribution is -2.23. The van der Waals surface area contributed by atoms with Crippen LogP contribution in [0.5, 0.6) is 5.75 Å². The van der Waals surface area contributed by atoms with Crippen molar-refractivity contribution in [1.82, 2.24) is 5.32 Å². The van der Waals surface area contributed by atoms with E-state index in [1.165, 1.54) is 0 Å². The molecule has 1 atom stereocenters. The summed E-state index contributed by atoms with van der Waals surface area (Å²) < 4.78 is 12.2. The highest BCUT2D eigenvalue weighted by Crippen LogP contribution is 2.35. The Morgan fingerprint density at radius 1 is 1.38 bits per heavy atom. The Morgan fingerprint density at radius 2 is 2.14 bits per heavy atom. The predicted molar refractivity (Wildman–Crippen MR) is 89.3 cm³/mol. The van der Waals surface area contributed by atoms with Crippen molar-refractivity contribution >= 4 is 27.5 Å². The first-order valence-electron chi connectivity index (χ1n) is 6.89. The number of rotatable bonds is 6. The van der Waals surface area contributed by atoms with E-state index in [1.807, 2.05) is 19.1 Å². The van der Waals surface area contributed by atoms with E-state index in [-0.39, 0.29) is 6.04 Å². The van der Waals surface area contributed by atoms with Crippen molar-refractivity contribution in [2.24, 2.45) is 0 Å². The van der Waals surface area contributed by atoms with E-state index in [4.69, 9.17) is 20.8 Å². The zero-order valence-corrected chi connectivity index (χ0v) is 14.7. The van der Waals surface area contributed by atoms with Crippen molar-refractivity contribution in [3.63, 3.8) is 0 Å². The fourth-order valence-electron chi connectivity index (χ4n) is 2.21. The maximum atomic E-state index is 5.92. The minimum Gasteiger partial charge on any atom is -0.496 e. The molecule has 1 N–H and O–H groups in total. The summed E-state index contributed by atoms with van der Waals surface area (Å²) in [5.74, 6) is 1.61. The van der Waals surface area contributed by atoms with Crippen LogP contribution < -0.4 is 10.1 Å². The number of methoxy groups -OCH3 is 1. The molecule has 0 saturated carbocycles. The van der Waals surface area contributed by atoms with E-state index in [0.717, 1.165) is 40.1 Å². The maximum absolute atomic E-state index is 5.92. The van der Waals surface area contributed by atoms with Crippen molar-refractivity contribution in [3.05, 3.63) is 50.8 Å². The van der Waals surface area contributed by atoms with Gasteiger partial charge < -0.3 is 14.5 Å². The van der Waals surface area contributed by atoms with Gasteiger partial charge in [-0.05, 0) is 61.3 Å². The molecule has 1 aromatic heterocycles. The van der Waals surface area contributed by atoms with E-state index in [0.29, 0.717) is 5.22 Å². The molecule has 0 aliphatic carbocycles. The Hall–Kier alpha value is -0.970. The molecule has 21 heavy (non-hydrogen) atoms. The summed E-state index contributed by atoms with van der Waals surface area (Å²) in [6, 6.07) is 7.64. The monoisotopic (exact) mass is 371 g/mol. The predicted octanol–water partition coefficient (Wildman–Crippen LogP) is 5.10. The van der Waals surface area contributed by atoms with E-state index < -0.39 is 0 Å². The molecule has 0 fully saturated rings. The first-order valence-corrected chi connectivity index (χ1v) is 8.06. The molecule has 0 spiro atoms. The molecule has 1 unspecified atom stereocenters. The molecule has 2 aromatic rings. The van der Waals surface area contributed by atoms with Crippen LogP contribution in [-0.4, -0.2) is 13.7 Å². The second-order valence-corrected chi connectivity index (χ2v) is 6.10. The summed E-state index contributed by atoms with van der Waals surface area (Å²) in [4.78, 5) is 0. The highest BCUT2D eigenvalue weighted by molar-refractivity contribution is 9.10. The molecular weight excluding hydrogens is 354 g/mol. The van der Waals surface area contributed by atoms with Crippen LogP contribution in [0.15, 0.2) is 33.2 Å². The topological polar surface area (TPSA) is 34.4 Å². The summed E-state index contributed by atoms with van der Waals surface area (Å²) in [6.07, 6.45) is 1.03. The van der Waals surface area contributed by atoms with Gasteiger partial charge in [-0.15, -0.1) is 0 Å². The van der Waals surface area contributed by atoms with Crippen LogP contribution in [-0.2, 0) is 0 Å². The summed E-state index contributed by atoms with van der Waals surface area (Å²) in [5.41, 5.74) is 2.15. The first kappa shape index (κ1) is 16.4. The van der Waals surface area contributed by atoms with Crippen LogP contribution in [0.2, 0.25) is 5.22 Å². The molecule has 0 amide bonds. The third-order valence-corrected chi connectivity index (χ3v) is 4.36. The lowest BCUT2D eigenvalue weighted by molar-refractivity contribution is 0.392. The standard InChI is InChI=1S/C16H19BrClNO2/c1-4-7-19-16(13-5-6-15(18)21-13)11-9-12(17)10(2)8-14(11)20-3/h5-6,8-9,16,19H,4,7H2,1-3H3. The van der Waals surface area contributed by atoms with Gasteiger partial charge in [-0.1, -0.05) is 22.9 Å². The number of benzene rings is 1. The molecule has 5 heteroatoms. The highest BCUT2D eigenvalue weighted by Gasteiger charge is 2.22. The summed E-state index contributed by atoms with van der Waals surface area (Å²) in [7, 11) is 1.68. The van der Waals surface area contributed by atoms with Gasteiger partial charge in [0.25, 0.3) is 0 Å². The van der Waals surface area contributed by atoms with E-state index >= 15 is 0 Å². The van der Waals surface area contributed by atoms with Gasteiger partial charge in [0.15, 0.2) is 5.22 Å². The highest BCUT2D eigenvalue weighted by atomic mass is 79.9. The molecule has 1 aromatic carbocycles. The molecule has 0 aliphatic rings. The normalized spacial score (nSPS) is 12.4. The molecule has 0 bridgehead atoms. The lowest BCUT2D eigenvalue weighted by atomic mass is 10.0. The average Bonchev–Trinajstić information content (AvgIpc) is 2.89. The molecule has 0 saturated heterocycles. The fraction of sp³-hybridized carbons (Fsp3) is 0.375. The van der Waals surface area contributed by atoms with Crippen molar-refractivity contribution in [2.75, 3.05) is 13.7 Å². The SMILES string of the molecule is CCCNC(c1ccc(Cl)o1)c1cc(Br)c(C)cc1OC. The fourth-order valence-corrected chi connectivity index (χ4v) is 2.72. The lowest BCUT2D eigenvalue weighted by Gasteiger charge is -2.20. The van der Waals surface area contributed by atoms with Gasteiger partial charge >= 0.3 is 0 Å². The zero-order valence-electron chi connectivity index (χ0n) is 12.4. The smallest absolute Gasteiger partial charge is 0.193 e. The molecule has 0 radical (unpaired) electrons. The molecule has 3 nitrogen and oxygen atoms in total. The van der Waals surface area contributed by atoms with Gasteiger partial charge in [0.05, 0.1) is 13.2 Å². The summed E-state index contributed by atoms with van der Waals surface area (Å²) >= 11 is 9.50. The third kappa shape index (κ3) is 3.82. The number of furan rings is 1. The Bertz CT molecular complexity index is 612. The van der Waals surface area contributed by atoms with E-state index in [1.54, 1.807) is 13.2 Å². The number of hydrogen-bond donors (Lipinski definition) is 1. The first-order chi connectivity index (χ1) is 10.1. The number of ether oxygens (including phenoxy) is 1. The van der Waals surface area contributed by atoms with Crippen LogP contribution in [0.25, 0.3) is 0 Å². The quantitative estimate of drug-likeness (QED) is 0.766. The minimum atomic E-state index is -0.0932. The van der Waals surface area contributed by atoms with Gasteiger partial charge in [-0.25, -0.2) is 0 Å². The Morgan fingerprint density at radius 3 is 2.71 bits per heavy atom.